The van der Waals surface area contributed by atoms with Gasteiger partial charge in [0.1, 0.15) is 11.6 Å². The Morgan fingerprint density at radius 2 is 1.96 bits per heavy atom. The first-order chi connectivity index (χ1) is 13.7. The van der Waals surface area contributed by atoms with Gasteiger partial charge in [-0.2, -0.15) is 0 Å². The van der Waals surface area contributed by atoms with Crippen LogP contribution in [-0.4, -0.2) is 36.6 Å². The molecule has 0 bridgehead atoms. The van der Waals surface area contributed by atoms with Gasteiger partial charge in [0.15, 0.2) is 0 Å². The van der Waals surface area contributed by atoms with Crippen molar-refractivity contribution in [2.24, 2.45) is 4.99 Å². The van der Waals surface area contributed by atoms with Crippen molar-refractivity contribution in [2.75, 3.05) is 24.7 Å². The zero-order valence-corrected chi connectivity index (χ0v) is 16.2. The average molecular weight is 381 g/mol. The van der Waals surface area contributed by atoms with E-state index in [-0.39, 0.29) is 6.42 Å². The second kappa shape index (κ2) is 9.78. The number of amidine groups is 1. The third kappa shape index (κ3) is 5.74. The first-order valence-corrected chi connectivity index (χ1v) is 9.79. The molecule has 0 amide bonds. The van der Waals surface area contributed by atoms with E-state index >= 15 is 0 Å². The van der Waals surface area contributed by atoms with Gasteiger partial charge < -0.3 is 9.84 Å². The average Bonchev–Trinajstić information content (AvgIpc) is 3.07. The third-order valence-corrected chi connectivity index (χ3v) is 4.51. The molecule has 4 rings (SSSR count). The summed E-state index contributed by atoms with van der Waals surface area (Å²) in [6.07, 6.45) is 2.54. The van der Waals surface area contributed by atoms with Crippen molar-refractivity contribution in [1.82, 2.24) is 5.43 Å². The first-order valence-electron chi connectivity index (χ1n) is 9.79. The normalized spacial score (nSPS) is 14.9. The topological polar surface area (TPSA) is 74.2 Å². The maximum absolute atomic E-state index is 10.4. The largest absolute Gasteiger partial charge is 0.492 e. The molecule has 3 aliphatic rings. The lowest BCUT2D eigenvalue weighted by Crippen LogP contribution is -2.33. The van der Waals surface area contributed by atoms with Crippen molar-refractivity contribution in [2.45, 2.75) is 32.6 Å². The van der Waals surface area contributed by atoms with E-state index in [0.717, 1.165) is 36.7 Å². The van der Waals surface area contributed by atoms with E-state index in [0.29, 0.717) is 19.6 Å². The van der Waals surface area contributed by atoms with Crippen molar-refractivity contribution in [3.8, 4) is 16.9 Å². The predicted octanol–water partition coefficient (Wildman–Crippen LogP) is 4.12. The number of carbonyl (C=O) groups is 1. The van der Waals surface area contributed by atoms with E-state index in [9.17, 15) is 4.79 Å². The second-order valence-electron chi connectivity index (χ2n) is 6.67. The summed E-state index contributed by atoms with van der Waals surface area (Å²) in [5.41, 5.74) is 7.16. The Kier molecular flexibility index (Phi) is 6.89. The number of benzene rings is 2. The number of hydrazine groups is 1. The number of carboxylic acids is 1. The second-order valence-corrected chi connectivity index (χ2v) is 6.67. The SMILES string of the molecule is CCOc1ccccc1N1CCC(=NCCCCC(=O)O)N1.c1cc2cc-2c1. The lowest BCUT2D eigenvalue weighted by atomic mass is 10.2. The molecular weight excluding hydrogens is 354 g/mol. The Labute approximate surface area is 165 Å². The van der Waals surface area contributed by atoms with Crippen molar-refractivity contribution < 1.29 is 14.6 Å². The molecule has 0 radical (unpaired) electrons. The lowest BCUT2D eigenvalue weighted by Gasteiger charge is -2.21. The Hall–Kier alpha value is -3.02. The number of nitrogens with one attached hydrogen (secondary N) is 1. The van der Waals surface area contributed by atoms with Gasteiger partial charge in [0.25, 0.3) is 0 Å². The maximum atomic E-state index is 10.4. The van der Waals surface area contributed by atoms with Gasteiger partial charge in [0.05, 0.1) is 12.3 Å². The fourth-order valence-electron chi connectivity index (χ4n) is 3.02. The van der Waals surface area contributed by atoms with Crippen LogP contribution in [0.3, 0.4) is 0 Å². The van der Waals surface area contributed by atoms with Gasteiger partial charge in [-0.3, -0.25) is 20.2 Å². The smallest absolute Gasteiger partial charge is 0.303 e. The summed E-state index contributed by atoms with van der Waals surface area (Å²) in [5.74, 6) is 1.06. The minimum atomic E-state index is -0.745. The fraction of sp³-hybridized carbons (Fsp3) is 0.364. The highest BCUT2D eigenvalue weighted by Crippen LogP contribution is 2.32. The monoisotopic (exact) mass is 381 g/mol. The van der Waals surface area contributed by atoms with Crippen molar-refractivity contribution in [3.05, 3.63) is 48.5 Å². The number of aliphatic imine (C=N–C) groups is 1. The molecule has 148 valence electrons. The summed E-state index contributed by atoms with van der Waals surface area (Å²) in [4.78, 5) is 14.9. The summed E-state index contributed by atoms with van der Waals surface area (Å²) < 4.78 is 5.64. The van der Waals surface area contributed by atoms with Crippen LogP contribution in [0.1, 0.15) is 32.6 Å². The summed E-state index contributed by atoms with van der Waals surface area (Å²) in [7, 11) is 0. The van der Waals surface area contributed by atoms with Gasteiger partial charge in [0, 0.05) is 25.9 Å². The number of carboxylic acid groups (broad SMARTS) is 1. The molecule has 1 saturated heterocycles. The van der Waals surface area contributed by atoms with Crippen LogP contribution >= 0.6 is 0 Å². The Morgan fingerprint density at radius 3 is 2.61 bits per heavy atom. The molecule has 1 fully saturated rings. The molecule has 0 unspecified atom stereocenters. The molecule has 6 heteroatoms. The summed E-state index contributed by atoms with van der Waals surface area (Å²) in [5, 5.41) is 10.6. The van der Waals surface area contributed by atoms with Crippen molar-refractivity contribution in [3.63, 3.8) is 0 Å². The minimum Gasteiger partial charge on any atom is -0.492 e. The van der Waals surface area contributed by atoms with E-state index < -0.39 is 5.97 Å². The summed E-state index contributed by atoms with van der Waals surface area (Å²) >= 11 is 0. The molecule has 1 aromatic rings. The highest BCUT2D eigenvalue weighted by molar-refractivity contribution is 5.87. The van der Waals surface area contributed by atoms with Crippen molar-refractivity contribution in [1.29, 1.82) is 0 Å². The molecule has 1 aliphatic heterocycles. The van der Waals surface area contributed by atoms with Gasteiger partial charge in [0.2, 0.25) is 0 Å². The summed E-state index contributed by atoms with van der Waals surface area (Å²) in [6, 6.07) is 16.4. The summed E-state index contributed by atoms with van der Waals surface area (Å²) in [6.45, 7) is 4.11. The number of para-hydroxylation sites is 2. The maximum Gasteiger partial charge on any atom is 0.303 e. The predicted molar refractivity (Wildman–Crippen MR) is 112 cm³/mol. The van der Waals surface area contributed by atoms with Gasteiger partial charge in [-0.05, 0) is 49.1 Å². The van der Waals surface area contributed by atoms with Gasteiger partial charge in [-0.25, -0.2) is 0 Å². The Balaban J connectivity index is 0.000000311. The molecule has 0 atom stereocenters. The number of rotatable bonds is 8. The fourth-order valence-corrected chi connectivity index (χ4v) is 3.02. The highest BCUT2D eigenvalue weighted by atomic mass is 16.5. The number of anilines is 1. The van der Waals surface area contributed by atoms with Crippen LogP contribution in [-0.2, 0) is 4.79 Å². The number of unbranched alkanes of at least 4 members (excludes halogenated alkanes) is 1. The zero-order chi connectivity index (χ0) is 19.8. The van der Waals surface area contributed by atoms with Crippen LogP contribution in [0.4, 0.5) is 5.69 Å². The van der Waals surface area contributed by atoms with Crippen LogP contribution in [0.5, 0.6) is 5.75 Å². The van der Waals surface area contributed by atoms with E-state index in [4.69, 9.17) is 9.84 Å². The van der Waals surface area contributed by atoms with Crippen LogP contribution in [0, 0.1) is 0 Å². The number of fused-ring (bicyclic) bond motifs is 1. The van der Waals surface area contributed by atoms with E-state index in [1.165, 1.54) is 11.1 Å². The molecule has 0 saturated carbocycles. The molecule has 6 nitrogen and oxygen atoms in total. The Bertz CT molecular complexity index is 818. The van der Waals surface area contributed by atoms with Crippen LogP contribution in [0.25, 0.3) is 11.1 Å². The molecule has 0 aromatic heterocycles. The first kappa shape index (κ1) is 19.7. The highest BCUT2D eigenvalue weighted by Gasteiger charge is 2.19. The van der Waals surface area contributed by atoms with Gasteiger partial charge in [-0.15, -0.1) is 0 Å². The molecule has 28 heavy (non-hydrogen) atoms. The quantitative estimate of drug-likeness (QED) is 0.574. The molecule has 2 aliphatic carbocycles. The molecular formula is C22H27N3O3. The van der Waals surface area contributed by atoms with Gasteiger partial charge in [-0.1, -0.05) is 30.3 Å². The number of hydrogen-bond donors (Lipinski definition) is 2. The van der Waals surface area contributed by atoms with E-state index in [1.807, 2.05) is 36.2 Å². The Morgan fingerprint density at radius 1 is 1.18 bits per heavy atom. The zero-order valence-electron chi connectivity index (χ0n) is 16.2. The van der Waals surface area contributed by atoms with Crippen LogP contribution in [0.15, 0.2) is 53.5 Å². The third-order valence-electron chi connectivity index (χ3n) is 4.51. The molecule has 0 spiro atoms. The van der Waals surface area contributed by atoms with Crippen molar-refractivity contribution >= 4 is 17.5 Å². The number of ether oxygens (including phenoxy) is 1. The molecule has 1 heterocycles. The lowest BCUT2D eigenvalue weighted by molar-refractivity contribution is -0.137. The number of nitrogens with zero attached hydrogens (tertiary/aromatic N) is 2. The number of aliphatic carboxylic acids is 1. The van der Waals surface area contributed by atoms with Gasteiger partial charge >= 0.3 is 5.97 Å². The molecule has 1 aromatic carbocycles. The minimum absolute atomic E-state index is 0.214. The number of hydrogen-bond acceptors (Lipinski definition) is 4. The van der Waals surface area contributed by atoms with E-state index in [2.05, 4.69) is 34.7 Å². The standard InChI is InChI=1S/C16H23N3O3.C6H4/c1-2-22-14-8-4-3-7-13(14)19-12-10-15(18-19)17-11-6-5-9-16(20)21;1-2-5-4-6(5)3-1/h3-4,7-8H,2,5-6,9-12H2,1H3,(H,17,18)(H,20,21);1-4H. The van der Waals surface area contributed by atoms with Crippen LogP contribution < -0.4 is 15.2 Å². The van der Waals surface area contributed by atoms with Crippen LogP contribution in [0.2, 0.25) is 0 Å². The molecule has 2 N–H and O–H groups in total. The van der Waals surface area contributed by atoms with E-state index in [1.54, 1.807) is 0 Å².